The molecule has 0 radical (unpaired) electrons. The molecule has 0 aliphatic rings. The Balaban J connectivity index is 2.70. The van der Waals surface area contributed by atoms with Gasteiger partial charge in [-0.2, -0.15) is 0 Å². The van der Waals surface area contributed by atoms with Crippen LogP contribution in [0.25, 0.3) is 0 Å². The first kappa shape index (κ1) is 13.7. The van der Waals surface area contributed by atoms with Crippen molar-refractivity contribution >= 4 is 23.2 Å². The Hall–Kier alpha value is -1.36. The van der Waals surface area contributed by atoms with Gasteiger partial charge in [-0.3, -0.25) is 9.59 Å². The number of thiophene rings is 1. The van der Waals surface area contributed by atoms with Crippen LogP contribution in [0.5, 0.6) is 0 Å². The summed E-state index contributed by atoms with van der Waals surface area (Å²) >= 11 is 1.38. The fourth-order valence-electron chi connectivity index (χ4n) is 1.42. The third kappa shape index (κ3) is 3.30. The molecule has 2 atom stereocenters. The van der Waals surface area contributed by atoms with E-state index in [4.69, 9.17) is 5.11 Å². The summed E-state index contributed by atoms with van der Waals surface area (Å²) in [5.74, 6) is -1.68. The number of hydrogen-bond donors (Lipinski definition) is 2. The topological polar surface area (TPSA) is 66.4 Å². The van der Waals surface area contributed by atoms with Gasteiger partial charge in [-0.15, -0.1) is 11.3 Å². The monoisotopic (exact) mass is 255 g/mol. The molecule has 1 aromatic rings. The van der Waals surface area contributed by atoms with E-state index in [0.29, 0.717) is 4.88 Å². The van der Waals surface area contributed by atoms with Gasteiger partial charge in [0.25, 0.3) is 5.91 Å². The van der Waals surface area contributed by atoms with E-state index in [0.717, 1.165) is 12.0 Å². The van der Waals surface area contributed by atoms with E-state index in [-0.39, 0.29) is 11.9 Å². The van der Waals surface area contributed by atoms with Crippen LogP contribution >= 0.6 is 11.3 Å². The Morgan fingerprint density at radius 3 is 2.65 bits per heavy atom. The minimum atomic E-state index is -0.903. The van der Waals surface area contributed by atoms with Crippen LogP contribution in [0.4, 0.5) is 0 Å². The number of nitrogens with one attached hydrogen (secondary N) is 1. The number of carbonyl (C=O) groups excluding carboxylic acids is 1. The Morgan fingerprint density at radius 2 is 2.12 bits per heavy atom. The van der Waals surface area contributed by atoms with E-state index in [1.807, 2.05) is 18.4 Å². The molecule has 1 rings (SSSR count). The molecule has 0 spiro atoms. The molecule has 1 heterocycles. The quantitative estimate of drug-likeness (QED) is 0.847. The molecule has 0 bridgehead atoms. The molecule has 2 N–H and O–H groups in total. The molecule has 0 saturated carbocycles. The van der Waals surface area contributed by atoms with Gasteiger partial charge in [0.15, 0.2) is 0 Å². The lowest BCUT2D eigenvalue weighted by atomic mass is 10.0. The van der Waals surface area contributed by atoms with Gasteiger partial charge < -0.3 is 10.4 Å². The van der Waals surface area contributed by atoms with Crippen LogP contribution in [0.2, 0.25) is 0 Å². The van der Waals surface area contributed by atoms with Gasteiger partial charge in [-0.25, -0.2) is 0 Å². The smallest absolute Gasteiger partial charge is 0.308 e. The standard InChI is InChI=1S/C12H17NO3S/c1-4-9-5-6-17-10(9)11(14)13-8(3)7(2)12(15)16/h5-8H,4H2,1-3H3,(H,13,14)(H,15,16). The van der Waals surface area contributed by atoms with Crippen molar-refractivity contribution in [2.45, 2.75) is 33.2 Å². The molecule has 0 fully saturated rings. The van der Waals surface area contributed by atoms with E-state index in [1.54, 1.807) is 13.8 Å². The lowest BCUT2D eigenvalue weighted by molar-refractivity contribution is -0.141. The third-order valence-corrected chi connectivity index (χ3v) is 3.79. The molecule has 0 saturated heterocycles. The van der Waals surface area contributed by atoms with Crippen LogP contribution < -0.4 is 5.32 Å². The summed E-state index contributed by atoms with van der Waals surface area (Å²) in [6.07, 6.45) is 0.801. The van der Waals surface area contributed by atoms with Gasteiger partial charge in [0, 0.05) is 6.04 Å². The van der Waals surface area contributed by atoms with Crippen molar-refractivity contribution in [1.82, 2.24) is 5.32 Å². The first-order valence-electron chi connectivity index (χ1n) is 5.57. The molecule has 1 aromatic heterocycles. The van der Waals surface area contributed by atoms with Crippen molar-refractivity contribution in [2.75, 3.05) is 0 Å². The van der Waals surface area contributed by atoms with Gasteiger partial charge in [0.05, 0.1) is 10.8 Å². The summed E-state index contributed by atoms with van der Waals surface area (Å²) in [6.45, 7) is 5.28. The first-order chi connectivity index (χ1) is 7.97. The molecular weight excluding hydrogens is 238 g/mol. The van der Waals surface area contributed by atoms with Gasteiger partial charge in [0.2, 0.25) is 0 Å². The summed E-state index contributed by atoms with van der Waals surface area (Å²) in [7, 11) is 0. The summed E-state index contributed by atoms with van der Waals surface area (Å²) in [5.41, 5.74) is 1.00. The van der Waals surface area contributed by atoms with E-state index < -0.39 is 11.9 Å². The zero-order valence-corrected chi connectivity index (χ0v) is 11.0. The molecule has 17 heavy (non-hydrogen) atoms. The highest BCUT2D eigenvalue weighted by molar-refractivity contribution is 7.12. The molecule has 1 amide bonds. The van der Waals surface area contributed by atoms with Gasteiger partial charge in [-0.05, 0) is 37.3 Å². The number of carboxylic acid groups (broad SMARTS) is 1. The SMILES string of the molecule is CCc1ccsc1C(=O)NC(C)C(C)C(=O)O. The van der Waals surface area contributed by atoms with E-state index in [2.05, 4.69) is 5.32 Å². The Kier molecular flexibility index (Phi) is 4.69. The molecule has 5 heteroatoms. The summed E-state index contributed by atoms with van der Waals surface area (Å²) in [5, 5.41) is 13.5. The average Bonchev–Trinajstić information content (AvgIpc) is 2.75. The molecular formula is C12H17NO3S. The van der Waals surface area contributed by atoms with Gasteiger partial charge in [0.1, 0.15) is 0 Å². The van der Waals surface area contributed by atoms with Crippen molar-refractivity contribution in [3.63, 3.8) is 0 Å². The van der Waals surface area contributed by atoms with Crippen molar-refractivity contribution in [2.24, 2.45) is 5.92 Å². The minimum absolute atomic E-state index is 0.183. The van der Waals surface area contributed by atoms with Crippen LogP contribution in [0.15, 0.2) is 11.4 Å². The van der Waals surface area contributed by atoms with Crippen molar-refractivity contribution in [1.29, 1.82) is 0 Å². The fourth-order valence-corrected chi connectivity index (χ4v) is 2.32. The van der Waals surface area contributed by atoms with Crippen LogP contribution in [0.3, 0.4) is 0 Å². The normalized spacial score (nSPS) is 14.1. The first-order valence-corrected chi connectivity index (χ1v) is 6.45. The number of hydrogen-bond acceptors (Lipinski definition) is 3. The average molecular weight is 255 g/mol. The second-order valence-corrected chi connectivity index (χ2v) is 4.93. The van der Waals surface area contributed by atoms with Gasteiger partial charge in [-0.1, -0.05) is 6.92 Å². The minimum Gasteiger partial charge on any atom is -0.481 e. The van der Waals surface area contributed by atoms with Crippen molar-refractivity contribution in [3.8, 4) is 0 Å². The Morgan fingerprint density at radius 1 is 1.47 bits per heavy atom. The number of rotatable bonds is 5. The maximum Gasteiger partial charge on any atom is 0.308 e. The predicted octanol–water partition coefficient (Wildman–Crippen LogP) is 2.15. The zero-order chi connectivity index (χ0) is 13.0. The Bertz CT molecular complexity index is 414. The predicted molar refractivity (Wildman–Crippen MR) is 67.4 cm³/mol. The lowest BCUT2D eigenvalue weighted by Crippen LogP contribution is -2.40. The summed E-state index contributed by atoms with van der Waals surface area (Å²) in [6, 6.07) is 1.54. The second-order valence-electron chi connectivity index (χ2n) is 4.02. The maximum atomic E-state index is 11.9. The number of aliphatic carboxylic acids is 1. The molecule has 2 unspecified atom stereocenters. The molecule has 0 aliphatic carbocycles. The van der Waals surface area contributed by atoms with Crippen LogP contribution in [0.1, 0.15) is 36.0 Å². The fraction of sp³-hybridized carbons (Fsp3) is 0.500. The molecule has 0 aliphatic heterocycles. The highest BCUT2D eigenvalue weighted by Gasteiger charge is 2.22. The summed E-state index contributed by atoms with van der Waals surface area (Å²) in [4.78, 5) is 23.4. The number of carbonyl (C=O) groups is 2. The number of aryl methyl sites for hydroxylation is 1. The molecule has 0 aromatic carbocycles. The van der Waals surface area contributed by atoms with E-state index in [1.165, 1.54) is 11.3 Å². The van der Waals surface area contributed by atoms with Crippen molar-refractivity contribution < 1.29 is 14.7 Å². The molecule has 4 nitrogen and oxygen atoms in total. The highest BCUT2D eigenvalue weighted by atomic mass is 32.1. The van der Waals surface area contributed by atoms with E-state index >= 15 is 0 Å². The van der Waals surface area contributed by atoms with Gasteiger partial charge >= 0.3 is 5.97 Å². The lowest BCUT2D eigenvalue weighted by Gasteiger charge is -2.17. The van der Waals surface area contributed by atoms with Crippen LogP contribution in [-0.4, -0.2) is 23.0 Å². The zero-order valence-electron chi connectivity index (χ0n) is 10.2. The Labute approximate surface area is 105 Å². The number of carboxylic acids is 1. The summed E-state index contributed by atoms with van der Waals surface area (Å²) < 4.78 is 0. The molecule has 94 valence electrons. The van der Waals surface area contributed by atoms with Crippen LogP contribution in [-0.2, 0) is 11.2 Å². The number of amides is 1. The second kappa shape index (κ2) is 5.82. The highest BCUT2D eigenvalue weighted by Crippen LogP contribution is 2.17. The largest absolute Gasteiger partial charge is 0.481 e. The maximum absolute atomic E-state index is 11.9. The van der Waals surface area contributed by atoms with Crippen LogP contribution in [0, 0.1) is 5.92 Å². The van der Waals surface area contributed by atoms with Crippen molar-refractivity contribution in [3.05, 3.63) is 21.9 Å². The third-order valence-electron chi connectivity index (χ3n) is 2.83. The van der Waals surface area contributed by atoms with E-state index in [9.17, 15) is 9.59 Å².